The third-order valence-corrected chi connectivity index (χ3v) is 5.81. The Balaban J connectivity index is 1.73. The molecule has 0 N–H and O–H groups in total. The Bertz CT molecular complexity index is 806. The third kappa shape index (κ3) is 9.19. The molecule has 0 aliphatic heterocycles. The average Bonchev–Trinajstić information content (AvgIpc) is 2.81. The molecule has 9 heteroatoms. The molecule has 0 heterocycles. The number of hydrogen-bond acceptors (Lipinski definition) is 7. The zero-order valence-corrected chi connectivity index (χ0v) is 19.3. The molecule has 1 aromatic carbocycles. The molecule has 0 radical (unpaired) electrons. The van der Waals surface area contributed by atoms with E-state index in [1.807, 2.05) is 4.90 Å². The van der Waals surface area contributed by atoms with E-state index in [0.717, 1.165) is 44.9 Å². The molecule has 0 saturated heterocycles. The SMILES string of the molecule is CC(=O)OCCCN(C(=O)CCCCCOc1ccc([N+](=O)[O-])c(C=O)c1)C1CCCCC1. The van der Waals surface area contributed by atoms with Gasteiger partial charge in [-0.1, -0.05) is 19.3 Å². The molecule has 9 nitrogen and oxygen atoms in total. The molecule has 0 bridgehead atoms. The Labute approximate surface area is 194 Å². The lowest BCUT2D eigenvalue weighted by atomic mass is 9.93. The van der Waals surface area contributed by atoms with Gasteiger partial charge in [0.05, 0.1) is 23.7 Å². The number of benzene rings is 1. The summed E-state index contributed by atoms with van der Waals surface area (Å²) in [4.78, 5) is 47.1. The molecular weight excluding hydrogens is 428 g/mol. The first-order valence-corrected chi connectivity index (χ1v) is 11.7. The van der Waals surface area contributed by atoms with E-state index in [-0.39, 0.29) is 29.2 Å². The standard InChI is InChI=1S/C24H34N2O7/c1-19(28)32-16-8-14-25(21-9-4-2-5-10-21)24(29)11-6-3-7-15-33-22-12-13-23(26(30)31)20(17-22)18-27/h12-13,17-18,21H,2-11,14-16H2,1H3. The Morgan fingerprint density at radius 3 is 2.55 bits per heavy atom. The van der Waals surface area contributed by atoms with Gasteiger partial charge in [0.2, 0.25) is 5.91 Å². The molecule has 1 amide bonds. The highest BCUT2D eigenvalue weighted by Gasteiger charge is 2.24. The minimum Gasteiger partial charge on any atom is -0.494 e. The number of nitro groups is 1. The maximum absolute atomic E-state index is 12.9. The second kappa shape index (κ2) is 14.2. The van der Waals surface area contributed by atoms with E-state index in [2.05, 4.69) is 0 Å². The molecule has 33 heavy (non-hydrogen) atoms. The summed E-state index contributed by atoms with van der Waals surface area (Å²) < 4.78 is 10.6. The third-order valence-electron chi connectivity index (χ3n) is 5.81. The number of ether oxygens (including phenoxy) is 2. The van der Waals surface area contributed by atoms with Crippen LogP contribution in [0.3, 0.4) is 0 Å². The van der Waals surface area contributed by atoms with Crippen LogP contribution < -0.4 is 4.74 Å². The zero-order valence-electron chi connectivity index (χ0n) is 19.3. The fourth-order valence-corrected chi connectivity index (χ4v) is 4.13. The molecule has 1 fully saturated rings. The van der Waals surface area contributed by atoms with Gasteiger partial charge >= 0.3 is 5.97 Å². The summed E-state index contributed by atoms with van der Waals surface area (Å²) in [6.07, 6.45) is 9.42. The highest BCUT2D eigenvalue weighted by atomic mass is 16.6. The number of nitro benzene ring substituents is 1. The largest absolute Gasteiger partial charge is 0.494 e. The fourth-order valence-electron chi connectivity index (χ4n) is 4.13. The van der Waals surface area contributed by atoms with E-state index < -0.39 is 4.92 Å². The van der Waals surface area contributed by atoms with Crippen molar-refractivity contribution in [3.05, 3.63) is 33.9 Å². The quantitative estimate of drug-likeness (QED) is 0.132. The van der Waals surface area contributed by atoms with E-state index >= 15 is 0 Å². The topological polar surface area (TPSA) is 116 Å². The van der Waals surface area contributed by atoms with Crippen molar-refractivity contribution in [1.29, 1.82) is 0 Å². The van der Waals surface area contributed by atoms with E-state index in [1.54, 1.807) is 0 Å². The summed E-state index contributed by atoms with van der Waals surface area (Å²) in [6, 6.07) is 4.39. The normalized spacial score (nSPS) is 13.8. The first-order valence-electron chi connectivity index (χ1n) is 11.7. The monoisotopic (exact) mass is 462 g/mol. The zero-order chi connectivity index (χ0) is 24.1. The Morgan fingerprint density at radius 1 is 1.12 bits per heavy atom. The van der Waals surface area contributed by atoms with Crippen LogP contribution >= 0.6 is 0 Å². The van der Waals surface area contributed by atoms with Crippen molar-refractivity contribution in [2.24, 2.45) is 0 Å². The van der Waals surface area contributed by atoms with Gasteiger partial charge in [0, 0.05) is 32.0 Å². The minimum atomic E-state index is -0.600. The summed E-state index contributed by atoms with van der Waals surface area (Å²) in [7, 11) is 0. The maximum atomic E-state index is 12.9. The smallest absolute Gasteiger partial charge is 0.302 e. The van der Waals surface area contributed by atoms with Gasteiger partial charge in [0.1, 0.15) is 5.75 Å². The second-order valence-corrected chi connectivity index (χ2v) is 8.33. The number of aldehydes is 1. The molecule has 1 aliphatic rings. The van der Waals surface area contributed by atoms with Gasteiger partial charge < -0.3 is 14.4 Å². The van der Waals surface area contributed by atoms with Crippen molar-refractivity contribution in [3.63, 3.8) is 0 Å². The van der Waals surface area contributed by atoms with Gasteiger partial charge in [0.15, 0.2) is 6.29 Å². The highest BCUT2D eigenvalue weighted by molar-refractivity contribution is 5.82. The van der Waals surface area contributed by atoms with Crippen molar-refractivity contribution in [3.8, 4) is 5.75 Å². The van der Waals surface area contributed by atoms with E-state index in [4.69, 9.17) is 9.47 Å². The lowest BCUT2D eigenvalue weighted by Gasteiger charge is -2.34. The number of amides is 1. The summed E-state index contributed by atoms with van der Waals surface area (Å²) >= 11 is 0. The van der Waals surface area contributed by atoms with E-state index in [9.17, 15) is 24.5 Å². The minimum absolute atomic E-state index is 0.0143. The van der Waals surface area contributed by atoms with Crippen LogP contribution in [0.4, 0.5) is 5.69 Å². The number of unbranched alkanes of at least 4 members (excludes halogenated alkanes) is 2. The van der Waals surface area contributed by atoms with E-state index in [0.29, 0.717) is 44.6 Å². The van der Waals surface area contributed by atoms with Gasteiger partial charge in [-0.3, -0.25) is 24.5 Å². The number of esters is 1. The van der Waals surface area contributed by atoms with Crippen LogP contribution in [0.25, 0.3) is 0 Å². The second-order valence-electron chi connectivity index (χ2n) is 8.33. The fraction of sp³-hybridized carbons (Fsp3) is 0.625. The molecule has 0 atom stereocenters. The predicted octanol–water partition coefficient (Wildman–Crippen LogP) is 4.46. The molecule has 1 aliphatic carbocycles. The molecule has 182 valence electrons. The van der Waals surface area contributed by atoms with Crippen LogP contribution in [-0.4, -0.2) is 53.8 Å². The number of hydrogen-bond donors (Lipinski definition) is 0. The van der Waals surface area contributed by atoms with Crippen molar-refractivity contribution in [2.75, 3.05) is 19.8 Å². The molecule has 2 rings (SSSR count). The van der Waals surface area contributed by atoms with Crippen LogP contribution in [0.1, 0.15) is 81.5 Å². The Kier molecular flexibility index (Phi) is 11.3. The molecular formula is C24H34N2O7. The molecule has 0 unspecified atom stereocenters. The van der Waals surface area contributed by atoms with Crippen molar-refractivity contribution in [1.82, 2.24) is 4.90 Å². The lowest BCUT2D eigenvalue weighted by Crippen LogP contribution is -2.42. The molecule has 1 aromatic rings. The number of carbonyl (C=O) groups is 3. The predicted molar refractivity (Wildman–Crippen MR) is 122 cm³/mol. The summed E-state index contributed by atoms with van der Waals surface area (Å²) in [5.41, 5.74) is -0.258. The first kappa shape index (κ1) is 26.3. The van der Waals surface area contributed by atoms with Gasteiger partial charge in [-0.15, -0.1) is 0 Å². The molecule has 0 spiro atoms. The van der Waals surface area contributed by atoms with Crippen molar-refractivity contribution < 1.29 is 28.8 Å². The number of carbonyl (C=O) groups excluding carboxylic acids is 3. The van der Waals surface area contributed by atoms with E-state index in [1.165, 1.54) is 31.5 Å². The average molecular weight is 463 g/mol. The molecule has 0 aromatic heterocycles. The van der Waals surface area contributed by atoms with Crippen LogP contribution in [0, 0.1) is 10.1 Å². The Hall–Kier alpha value is -2.97. The van der Waals surface area contributed by atoms with Crippen LogP contribution in [0.15, 0.2) is 18.2 Å². The summed E-state index contributed by atoms with van der Waals surface area (Å²) in [5, 5.41) is 10.9. The van der Waals surface area contributed by atoms with Gasteiger partial charge in [0.25, 0.3) is 5.69 Å². The van der Waals surface area contributed by atoms with Crippen molar-refractivity contribution >= 4 is 23.9 Å². The van der Waals surface area contributed by atoms with Gasteiger partial charge in [-0.25, -0.2) is 0 Å². The van der Waals surface area contributed by atoms with Crippen molar-refractivity contribution in [2.45, 2.75) is 77.2 Å². The Morgan fingerprint density at radius 2 is 1.88 bits per heavy atom. The lowest BCUT2D eigenvalue weighted by molar-refractivity contribution is -0.385. The highest BCUT2D eigenvalue weighted by Crippen LogP contribution is 2.25. The van der Waals surface area contributed by atoms with Crippen LogP contribution in [0.5, 0.6) is 5.75 Å². The van der Waals surface area contributed by atoms with Crippen LogP contribution in [0.2, 0.25) is 0 Å². The number of rotatable bonds is 14. The van der Waals surface area contributed by atoms with Gasteiger partial charge in [-0.2, -0.15) is 0 Å². The van der Waals surface area contributed by atoms with Gasteiger partial charge in [-0.05, 0) is 50.7 Å². The maximum Gasteiger partial charge on any atom is 0.302 e. The molecule has 1 saturated carbocycles. The number of nitrogens with zero attached hydrogens (tertiary/aromatic N) is 2. The first-order chi connectivity index (χ1) is 15.9. The summed E-state index contributed by atoms with van der Waals surface area (Å²) in [5.74, 6) is 0.260. The van der Waals surface area contributed by atoms with Crippen LogP contribution in [-0.2, 0) is 14.3 Å². The summed E-state index contributed by atoms with van der Waals surface area (Å²) in [6.45, 7) is 2.73.